The number of piperazine rings is 1. The average molecular weight is 345 g/mol. The lowest BCUT2D eigenvalue weighted by atomic mass is 10.0. The lowest BCUT2D eigenvalue weighted by Gasteiger charge is -2.36. The van der Waals surface area contributed by atoms with Crippen LogP contribution in [0.25, 0.3) is 0 Å². The van der Waals surface area contributed by atoms with E-state index in [2.05, 4.69) is 46.6 Å². The van der Waals surface area contributed by atoms with Crippen LogP contribution in [0.4, 0.5) is 0 Å². The topological polar surface area (TPSA) is 24.5 Å². The molecule has 2 aromatic carbocycles. The average Bonchev–Trinajstić information content (AvgIpc) is 2.58. The number of hydrogen-bond donors (Lipinski definition) is 1. The third-order valence-electron chi connectivity index (χ3n) is 4.29. The Morgan fingerprint density at radius 2 is 1.83 bits per heavy atom. The second-order valence-electron chi connectivity index (χ2n) is 6.55. The summed E-state index contributed by atoms with van der Waals surface area (Å²) in [5.74, 6) is 0.932. The third-order valence-corrected chi connectivity index (χ3v) is 4.54. The zero-order valence-electron chi connectivity index (χ0n) is 14.3. The molecule has 0 amide bonds. The number of ether oxygens (including phenoxy) is 1. The molecule has 1 aliphatic heterocycles. The summed E-state index contributed by atoms with van der Waals surface area (Å²) in [5, 5.41) is 4.30. The summed E-state index contributed by atoms with van der Waals surface area (Å²) >= 11 is 5.99. The van der Waals surface area contributed by atoms with E-state index in [1.54, 1.807) is 0 Å². The van der Waals surface area contributed by atoms with Crippen LogP contribution < -0.4 is 10.1 Å². The second kappa shape index (κ2) is 8.02. The minimum absolute atomic E-state index is 0.202. The fourth-order valence-electron chi connectivity index (χ4n) is 3.13. The second-order valence-corrected chi connectivity index (χ2v) is 6.99. The van der Waals surface area contributed by atoms with Gasteiger partial charge in [0.2, 0.25) is 0 Å². The van der Waals surface area contributed by atoms with Crippen molar-refractivity contribution in [1.82, 2.24) is 10.2 Å². The molecular weight excluding hydrogens is 320 g/mol. The molecule has 1 heterocycles. The SMILES string of the molecule is CC(C)Oc1ccc(C2CNCCN2Cc2ccc(Cl)cc2)cc1. The molecule has 0 bridgehead atoms. The van der Waals surface area contributed by atoms with Crippen molar-refractivity contribution < 1.29 is 4.74 Å². The summed E-state index contributed by atoms with van der Waals surface area (Å²) in [6, 6.07) is 17.0. The Balaban J connectivity index is 1.72. The molecule has 0 radical (unpaired) electrons. The minimum atomic E-state index is 0.202. The molecule has 0 aromatic heterocycles. The molecule has 24 heavy (non-hydrogen) atoms. The van der Waals surface area contributed by atoms with Gasteiger partial charge in [-0.15, -0.1) is 0 Å². The molecule has 1 unspecified atom stereocenters. The molecule has 1 saturated heterocycles. The van der Waals surface area contributed by atoms with Gasteiger partial charge in [-0.25, -0.2) is 0 Å². The lowest BCUT2D eigenvalue weighted by molar-refractivity contribution is 0.153. The van der Waals surface area contributed by atoms with Crippen molar-refractivity contribution in [3.05, 3.63) is 64.7 Å². The van der Waals surface area contributed by atoms with Gasteiger partial charge in [0, 0.05) is 37.2 Å². The van der Waals surface area contributed by atoms with E-state index in [0.717, 1.165) is 37.0 Å². The van der Waals surface area contributed by atoms with Crippen LogP contribution in [0, 0.1) is 0 Å². The normalized spacial score (nSPS) is 18.8. The van der Waals surface area contributed by atoms with Gasteiger partial charge in [0.1, 0.15) is 5.75 Å². The highest BCUT2D eigenvalue weighted by Crippen LogP contribution is 2.26. The van der Waals surface area contributed by atoms with Gasteiger partial charge >= 0.3 is 0 Å². The van der Waals surface area contributed by atoms with Crippen LogP contribution in [-0.4, -0.2) is 30.6 Å². The highest BCUT2D eigenvalue weighted by atomic mass is 35.5. The summed E-state index contributed by atoms with van der Waals surface area (Å²) in [6.45, 7) is 8.07. The Morgan fingerprint density at radius 3 is 2.50 bits per heavy atom. The van der Waals surface area contributed by atoms with Crippen molar-refractivity contribution in [3.8, 4) is 5.75 Å². The molecule has 0 spiro atoms. The van der Waals surface area contributed by atoms with Crippen LogP contribution in [-0.2, 0) is 6.54 Å². The third kappa shape index (κ3) is 4.50. The summed E-state index contributed by atoms with van der Waals surface area (Å²) in [4.78, 5) is 2.53. The Hall–Kier alpha value is -1.55. The first-order chi connectivity index (χ1) is 11.6. The summed E-state index contributed by atoms with van der Waals surface area (Å²) in [6.07, 6.45) is 0.202. The predicted molar refractivity (Wildman–Crippen MR) is 99.7 cm³/mol. The molecule has 3 nitrogen and oxygen atoms in total. The lowest BCUT2D eigenvalue weighted by Crippen LogP contribution is -2.45. The number of nitrogens with zero attached hydrogens (tertiary/aromatic N) is 1. The predicted octanol–water partition coefficient (Wildman–Crippen LogP) is 4.27. The molecule has 2 aromatic rings. The van der Waals surface area contributed by atoms with Crippen LogP contribution in [0.3, 0.4) is 0 Å². The van der Waals surface area contributed by atoms with Crippen LogP contribution in [0.1, 0.15) is 31.0 Å². The van der Waals surface area contributed by atoms with Crippen molar-refractivity contribution in [3.63, 3.8) is 0 Å². The smallest absolute Gasteiger partial charge is 0.119 e. The molecule has 0 saturated carbocycles. The van der Waals surface area contributed by atoms with E-state index in [9.17, 15) is 0 Å². The van der Waals surface area contributed by atoms with E-state index in [0.29, 0.717) is 6.04 Å². The van der Waals surface area contributed by atoms with Crippen molar-refractivity contribution in [2.45, 2.75) is 32.5 Å². The Kier molecular flexibility index (Phi) is 5.77. The fourth-order valence-corrected chi connectivity index (χ4v) is 3.26. The molecule has 1 aliphatic rings. The molecule has 1 N–H and O–H groups in total. The zero-order valence-corrected chi connectivity index (χ0v) is 15.1. The van der Waals surface area contributed by atoms with E-state index in [1.807, 2.05) is 26.0 Å². The maximum absolute atomic E-state index is 5.99. The Labute approximate surface area is 149 Å². The van der Waals surface area contributed by atoms with Crippen LogP contribution in [0.5, 0.6) is 5.75 Å². The van der Waals surface area contributed by atoms with Crippen LogP contribution >= 0.6 is 11.6 Å². The van der Waals surface area contributed by atoms with Crippen molar-refractivity contribution in [2.75, 3.05) is 19.6 Å². The maximum Gasteiger partial charge on any atom is 0.119 e. The molecule has 0 aliphatic carbocycles. The highest BCUT2D eigenvalue weighted by molar-refractivity contribution is 6.30. The first-order valence-corrected chi connectivity index (χ1v) is 8.95. The van der Waals surface area contributed by atoms with Gasteiger partial charge in [-0.3, -0.25) is 4.90 Å². The number of benzene rings is 2. The van der Waals surface area contributed by atoms with E-state index >= 15 is 0 Å². The molecule has 3 rings (SSSR count). The van der Waals surface area contributed by atoms with E-state index in [-0.39, 0.29) is 6.10 Å². The first kappa shape index (κ1) is 17.3. The van der Waals surface area contributed by atoms with Crippen LogP contribution in [0.2, 0.25) is 5.02 Å². The monoisotopic (exact) mass is 344 g/mol. The van der Waals surface area contributed by atoms with Gasteiger partial charge in [-0.1, -0.05) is 35.9 Å². The Bertz CT molecular complexity index is 640. The summed E-state index contributed by atoms with van der Waals surface area (Å²) < 4.78 is 5.75. The fraction of sp³-hybridized carbons (Fsp3) is 0.400. The highest BCUT2D eigenvalue weighted by Gasteiger charge is 2.23. The largest absolute Gasteiger partial charge is 0.491 e. The zero-order chi connectivity index (χ0) is 16.9. The Morgan fingerprint density at radius 1 is 1.12 bits per heavy atom. The van der Waals surface area contributed by atoms with Gasteiger partial charge < -0.3 is 10.1 Å². The molecular formula is C20H25ClN2O. The van der Waals surface area contributed by atoms with E-state index < -0.39 is 0 Å². The standard InChI is InChI=1S/C20H25ClN2O/c1-15(2)24-19-9-5-17(6-10-19)20-13-22-11-12-23(20)14-16-3-7-18(21)8-4-16/h3-10,15,20,22H,11-14H2,1-2H3. The van der Waals surface area contributed by atoms with Gasteiger partial charge in [0.25, 0.3) is 0 Å². The molecule has 128 valence electrons. The maximum atomic E-state index is 5.99. The molecule has 1 atom stereocenters. The molecule has 1 fully saturated rings. The number of nitrogens with one attached hydrogen (secondary N) is 1. The van der Waals surface area contributed by atoms with Crippen LogP contribution in [0.15, 0.2) is 48.5 Å². The summed E-state index contributed by atoms with van der Waals surface area (Å²) in [5.41, 5.74) is 2.62. The van der Waals surface area contributed by atoms with Gasteiger partial charge in [-0.2, -0.15) is 0 Å². The van der Waals surface area contributed by atoms with Gasteiger partial charge in [-0.05, 0) is 49.2 Å². The number of rotatable bonds is 5. The minimum Gasteiger partial charge on any atom is -0.491 e. The van der Waals surface area contributed by atoms with Crippen molar-refractivity contribution in [1.29, 1.82) is 0 Å². The first-order valence-electron chi connectivity index (χ1n) is 8.57. The van der Waals surface area contributed by atoms with E-state index in [1.165, 1.54) is 11.1 Å². The number of hydrogen-bond acceptors (Lipinski definition) is 3. The van der Waals surface area contributed by atoms with Gasteiger partial charge in [0.05, 0.1) is 6.10 Å². The van der Waals surface area contributed by atoms with Crippen molar-refractivity contribution in [2.24, 2.45) is 0 Å². The van der Waals surface area contributed by atoms with Crippen molar-refractivity contribution >= 4 is 11.6 Å². The molecule has 4 heteroatoms. The van der Waals surface area contributed by atoms with Gasteiger partial charge in [0.15, 0.2) is 0 Å². The quantitative estimate of drug-likeness (QED) is 0.876. The number of halogens is 1. The summed E-state index contributed by atoms with van der Waals surface area (Å²) in [7, 11) is 0. The van der Waals surface area contributed by atoms with E-state index in [4.69, 9.17) is 16.3 Å².